The van der Waals surface area contributed by atoms with Crippen molar-refractivity contribution in [3.63, 3.8) is 0 Å². The van der Waals surface area contributed by atoms with E-state index in [2.05, 4.69) is 24.1 Å². The van der Waals surface area contributed by atoms with Gasteiger partial charge >= 0.3 is 0 Å². The number of carbonyl (C=O) groups is 1. The molecule has 0 bridgehead atoms. The minimum absolute atomic E-state index is 0.0180. The summed E-state index contributed by atoms with van der Waals surface area (Å²) in [5.41, 5.74) is 0.271. The van der Waals surface area contributed by atoms with Crippen LogP contribution < -0.4 is 5.32 Å². The Morgan fingerprint density at radius 3 is 2.50 bits per heavy atom. The van der Waals surface area contributed by atoms with Gasteiger partial charge < -0.3 is 10.2 Å². The van der Waals surface area contributed by atoms with E-state index in [9.17, 15) is 4.79 Å². The lowest BCUT2D eigenvalue weighted by Crippen LogP contribution is -2.49. The van der Waals surface area contributed by atoms with Gasteiger partial charge in [-0.3, -0.25) is 4.79 Å². The second-order valence-corrected chi connectivity index (χ2v) is 6.78. The first-order valence-electron chi connectivity index (χ1n) is 7.51. The highest BCUT2D eigenvalue weighted by molar-refractivity contribution is 5.82. The molecule has 0 radical (unpaired) electrons. The molecule has 1 N–H and O–H groups in total. The number of carbonyl (C=O) groups excluding carboxylic acids is 1. The summed E-state index contributed by atoms with van der Waals surface area (Å²) in [5, 5.41) is 3.23. The van der Waals surface area contributed by atoms with Crippen molar-refractivity contribution in [2.45, 2.75) is 70.9 Å². The predicted octanol–water partition coefficient (Wildman–Crippen LogP) is 2.56. The fourth-order valence-corrected chi connectivity index (χ4v) is 3.46. The molecule has 1 aliphatic carbocycles. The lowest BCUT2D eigenvalue weighted by molar-refractivity contribution is -0.135. The second kappa shape index (κ2) is 5.60. The third-order valence-corrected chi connectivity index (χ3v) is 4.73. The summed E-state index contributed by atoms with van der Waals surface area (Å²) in [7, 11) is 1.92. The smallest absolute Gasteiger partial charge is 0.239 e. The van der Waals surface area contributed by atoms with Crippen LogP contribution in [-0.2, 0) is 4.79 Å². The number of nitrogens with one attached hydrogen (secondary N) is 1. The Balaban J connectivity index is 2.11. The first-order chi connectivity index (χ1) is 8.53. The average Bonchev–Trinajstić information content (AvgIpc) is 2.47. The molecule has 0 spiro atoms. The fourth-order valence-electron chi connectivity index (χ4n) is 3.46. The predicted molar refractivity (Wildman–Crippen MR) is 74.4 cm³/mol. The molecule has 0 aromatic rings. The Hall–Kier alpha value is -0.570. The quantitative estimate of drug-likeness (QED) is 0.819. The number of hydrogen-bond acceptors (Lipinski definition) is 2. The Morgan fingerprint density at radius 2 is 1.89 bits per heavy atom. The Kier molecular flexibility index (Phi) is 4.31. The normalized spacial score (nSPS) is 30.3. The van der Waals surface area contributed by atoms with Crippen LogP contribution in [0.25, 0.3) is 0 Å². The molecule has 0 aromatic heterocycles. The molecule has 1 unspecified atom stereocenters. The van der Waals surface area contributed by atoms with Crippen LogP contribution in [0.4, 0.5) is 0 Å². The van der Waals surface area contributed by atoms with E-state index >= 15 is 0 Å². The molecule has 1 saturated carbocycles. The molecule has 1 heterocycles. The topological polar surface area (TPSA) is 32.3 Å². The van der Waals surface area contributed by atoms with Gasteiger partial charge in [0.2, 0.25) is 5.91 Å². The molecule has 2 aliphatic rings. The molecule has 1 atom stereocenters. The Labute approximate surface area is 111 Å². The minimum Gasteiger partial charge on any atom is -0.338 e. The molecule has 2 rings (SSSR count). The van der Waals surface area contributed by atoms with Gasteiger partial charge in [0.15, 0.2) is 0 Å². The van der Waals surface area contributed by atoms with Gasteiger partial charge in [0.05, 0.1) is 6.04 Å². The van der Waals surface area contributed by atoms with Crippen molar-refractivity contribution in [1.82, 2.24) is 10.2 Å². The van der Waals surface area contributed by atoms with Crippen LogP contribution in [-0.4, -0.2) is 36.5 Å². The van der Waals surface area contributed by atoms with Gasteiger partial charge in [0.1, 0.15) is 0 Å². The monoisotopic (exact) mass is 252 g/mol. The van der Waals surface area contributed by atoms with Crippen LogP contribution in [0.1, 0.15) is 58.8 Å². The van der Waals surface area contributed by atoms with Gasteiger partial charge in [-0.05, 0) is 38.1 Å². The minimum atomic E-state index is 0.0180. The number of rotatable bonds is 2. The van der Waals surface area contributed by atoms with E-state index in [0.29, 0.717) is 11.9 Å². The first-order valence-corrected chi connectivity index (χ1v) is 7.51. The molecule has 0 aromatic carbocycles. The average molecular weight is 252 g/mol. The maximum absolute atomic E-state index is 12.6. The highest BCUT2D eigenvalue weighted by Crippen LogP contribution is 2.33. The van der Waals surface area contributed by atoms with Crippen molar-refractivity contribution in [3.8, 4) is 0 Å². The number of likely N-dealkylation sites (tertiary alicyclic amines) is 1. The van der Waals surface area contributed by atoms with E-state index in [0.717, 1.165) is 19.4 Å². The number of nitrogens with zero attached hydrogens (tertiary/aromatic N) is 1. The van der Waals surface area contributed by atoms with Gasteiger partial charge in [-0.15, -0.1) is 0 Å². The van der Waals surface area contributed by atoms with Gasteiger partial charge in [-0.1, -0.05) is 33.1 Å². The van der Waals surface area contributed by atoms with E-state index in [1.165, 1.54) is 32.1 Å². The van der Waals surface area contributed by atoms with Crippen LogP contribution in [0, 0.1) is 5.41 Å². The molecule has 3 heteroatoms. The molecular formula is C15H28N2O. The van der Waals surface area contributed by atoms with Crippen LogP contribution in [0.2, 0.25) is 0 Å². The highest BCUT2D eigenvalue weighted by atomic mass is 16.2. The van der Waals surface area contributed by atoms with Crippen LogP contribution in [0.5, 0.6) is 0 Å². The van der Waals surface area contributed by atoms with Crippen molar-refractivity contribution < 1.29 is 4.79 Å². The van der Waals surface area contributed by atoms with E-state index in [-0.39, 0.29) is 11.5 Å². The maximum atomic E-state index is 12.6. The molecule has 104 valence electrons. The summed E-state index contributed by atoms with van der Waals surface area (Å²) >= 11 is 0. The highest BCUT2D eigenvalue weighted by Gasteiger charge is 2.37. The third-order valence-electron chi connectivity index (χ3n) is 4.73. The van der Waals surface area contributed by atoms with Crippen LogP contribution >= 0.6 is 0 Å². The standard InChI is InChI=1S/C15H28N2O/c1-15(2)9-10-17(12-7-5-4-6-8-12)14(18)13(11-15)16-3/h12-13,16H,4-11H2,1-3H3. The Morgan fingerprint density at radius 1 is 1.22 bits per heavy atom. The van der Waals surface area contributed by atoms with Crippen molar-refractivity contribution >= 4 is 5.91 Å². The zero-order valence-corrected chi connectivity index (χ0v) is 12.2. The largest absolute Gasteiger partial charge is 0.338 e. The molecule has 1 amide bonds. The third kappa shape index (κ3) is 3.05. The van der Waals surface area contributed by atoms with Crippen LogP contribution in [0.15, 0.2) is 0 Å². The summed E-state index contributed by atoms with van der Waals surface area (Å²) in [4.78, 5) is 14.8. The zero-order valence-electron chi connectivity index (χ0n) is 12.2. The summed E-state index contributed by atoms with van der Waals surface area (Å²) < 4.78 is 0. The van der Waals surface area contributed by atoms with E-state index in [4.69, 9.17) is 0 Å². The zero-order chi connectivity index (χ0) is 13.2. The van der Waals surface area contributed by atoms with Crippen molar-refractivity contribution in [2.75, 3.05) is 13.6 Å². The van der Waals surface area contributed by atoms with Gasteiger partial charge in [0.25, 0.3) is 0 Å². The lowest BCUT2D eigenvalue weighted by atomic mass is 9.83. The number of amides is 1. The lowest BCUT2D eigenvalue weighted by Gasteiger charge is -2.35. The Bertz CT molecular complexity index is 295. The van der Waals surface area contributed by atoms with E-state index < -0.39 is 0 Å². The van der Waals surface area contributed by atoms with Crippen molar-refractivity contribution in [3.05, 3.63) is 0 Å². The fraction of sp³-hybridized carbons (Fsp3) is 0.933. The number of hydrogen-bond donors (Lipinski definition) is 1. The molecule has 3 nitrogen and oxygen atoms in total. The second-order valence-electron chi connectivity index (χ2n) is 6.78. The summed E-state index contributed by atoms with van der Waals surface area (Å²) in [6.45, 7) is 5.53. The van der Waals surface area contributed by atoms with Gasteiger partial charge in [-0.25, -0.2) is 0 Å². The van der Waals surface area contributed by atoms with Gasteiger partial charge in [0, 0.05) is 12.6 Å². The van der Waals surface area contributed by atoms with Crippen molar-refractivity contribution in [2.24, 2.45) is 5.41 Å². The summed E-state index contributed by atoms with van der Waals surface area (Å²) in [6, 6.07) is 0.528. The van der Waals surface area contributed by atoms with Crippen molar-refractivity contribution in [1.29, 1.82) is 0 Å². The summed E-state index contributed by atoms with van der Waals surface area (Å²) in [6.07, 6.45) is 8.45. The summed E-state index contributed by atoms with van der Waals surface area (Å²) in [5.74, 6) is 0.343. The van der Waals surface area contributed by atoms with E-state index in [1.807, 2.05) is 7.05 Å². The van der Waals surface area contributed by atoms with E-state index in [1.54, 1.807) is 0 Å². The molecular weight excluding hydrogens is 224 g/mol. The van der Waals surface area contributed by atoms with Gasteiger partial charge in [-0.2, -0.15) is 0 Å². The maximum Gasteiger partial charge on any atom is 0.239 e. The van der Waals surface area contributed by atoms with Crippen LogP contribution in [0.3, 0.4) is 0 Å². The molecule has 1 saturated heterocycles. The SMILES string of the molecule is CNC1CC(C)(C)CCN(C2CCCCC2)C1=O. The first kappa shape index (κ1) is 13.9. The number of likely N-dealkylation sites (N-methyl/N-ethyl adjacent to an activating group) is 1. The molecule has 1 aliphatic heterocycles. The molecule has 18 heavy (non-hydrogen) atoms. The molecule has 2 fully saturated rings.